The molecule has 0 radical (unpaired) electrons. The van der Waals surface area contributed by atoms with Crippen molar-refractivity contribution in [2.75, 3.05) is 7.11 Å². The topological polar surface area (TPSA) is 18.5 Å². The van der Waals surface area contributed by atoms with Crippen molar-refractivity contribution in [3.63, 3.8) is 0 Å². The third-order valence-corrected chi connectivity index (χ3v) is 2.74. The molecule has 0 aromatic heterocycles. The van der Waals surface area contributed by atoms with Crippen molar-refractivity contribution >= 4 is 0 Å². The Labute approximate surface area is 86.6 Å². The Morgan fingerprint density at radius 2 is 2.36 bits per heavy atom. The van der Waals surface area contributed by atoms with Crippen LogP contribution >= 0.6 is 0 Å². The maximum absolute atomic E-state index is 5.45. The fourth-order valence-corrected chi connectivity index (χ4v) is 1.85. The monoisotopic (exact) mass is 196 g/mol. The summed E-state index contributed by atoms with van der Waals surface area (Å²) in [5.41, 5.74) is 1.38. The minimum absolute atomic E-state index is 0.362. The molecule has 2 heteroatoms. The summed E-state index contributed by atoms with van der Waals surface area (Å²) in [5.74, 6) is 0.617. The van der Waals surface area contributed by atoms with E-state index in [1.807, 2.05) is 6.26 Å². The highest BCUT2D eigenvalue weighted by atomic mass is 16.5. The van der Waals surface area contributed by atoms with Gasteiger partial charge >= 0.3 is 0 Å². The highest BCUT2D eigenvalue weighted by Crippen LogP contribution is 2.29. The maximum atomic E-state index is 5.45. The van der Waals surface area contributed by atoms with Crippen LogP contribution in [0.25, 0.3) is 0 Å². The van der Waals surface area contributed by atoms with E-state index in [0.29, 0.717) is 12.0 Å². The average Bonchev–Trinajstić information content (AvgIpc) is 2.48. The molecule has 1 aliphatic rings. The lowest BCUT2D eigenvalue weighted by molar-refractivity contribution is 0.147. The molecule has 1 rings (SSSR count). The maximum Gasteiger partial charge on any atom is 0.102 e. The largest absolute Gasteiger partial charge is 0.505 e. The predicted molar refractivity (Wildman–Crippen MR) is 57.8 cm³/mol. The lowest BCUT2D eigenvalue weighted by atomic mass is 9.92. The first-order chi connectivity index (χ1) is 6.75. The van der Waals surface area contributed by atoms with Crippen LogP contribution in [0.1, 0.15) is 33.1 Å². The molecule has 2 atom stereocenters. The number of hydrogen-bond donors (Lipinski definition) is 0. The molecule has 0 spiro atoms. The van der Waals surface area contributed by atoms with Gasteiger partial charge in [-0.3, -0.25) is 0 Å². The Kier molecular flexibility index (Phi) is 4.57. The molecule has 0 aromatic rings. The van der Waals surface area contributed by atoms with E-state index in [9.17, 15) is 0 Å². The van der Waals surface area contributed by atoms with Gasteiger partial charge in [-0.25, -0.2) is 0 Å². The van der Waals surface area contributed by atoms with Gasteiger partial charge in [0.05, 0.1) is 19.6 Å². The highest BCUT2D eigenvalue weighted by molar-refractivity contribution is 5.07. The zero-order chi connectivity index (χ0) is 10.4. The third kappa shape index (κ3) is 3.09. The first kappa shape index (κ1) is 11.2. The van der Waals surface area contributed by atoms with Gasteiger partial charge in [0.1, 0.15) is 6.10 Å². The predicted octanol–water partition coefficient (Wildman–Crippen LogP) is 3.26. The van der Waals surface area contributed by atoms with Gasteiger partial charge in [-0.15, -0.1) is 0 Å². The SMILES string of the molecule is CO/C=C/CCC[C@H]1C(C)=CO[C@@H]1C. The summed E-state index contributed by atoms with van der Waals surface area (Å²) in [6.45, 7) is 4.29. The van der Waals surface area contributed by atoms with Gasteiger partial charge in [0.15, 0.2) is 0 Å². The molecule has 0 saturated heterocycles. The number of rotatable bonds is 5. The molecule has 0 saturated carbocycles. The molecule has 0 fully saturated rings. The quantitative estimate of drug-likeness (QED) is 0.496. The number of unbranched alkanes of at least 4 members (excludes halogenated alkanes) is 1. The summed E-state index contributed by atoms with van der Waals surface area (Å²) in [6.07, 6.45) is 9.57. The lowest BCUT2D eigenvalue weighted by Gasteiger charge is -2.15. The third-order valence-electron chi connectivity index (χ3n) is 2.74. The van der Waals surface area contributed by atoms with E-state index in [1.54, 1.807) is 13.4 Å². The van der Waals surface area contributed by atoms with Crippen LogP contribution in [-0.4, -0.2) is 13.2 Å². The second-order valence-electron chi connectivity index (χ2n) is 3.85. The van der Waals surface area contributed by atoms with Crippen molar-refractivity contribution < 1.29 is 9.47 Å². The molecule has 0 unspecified atom stereocenters. The molecule has 0 N–H and O–H groups in total. The fraction of sp³-hybridized carbons (Fsp3) is 0.667. The van der Waals surface area contributed by atoms with Crippen molar-refractivity contribution in [1.82, 2.24) is 0 Å². The Hall–Kier alpha value is -0.920. The van der Waals surface area contributed by atoms with E-state index in [4.69, 9.17) is 9.47 Å². The Balaban J connectivity index is 2.18. The summed E-state index contributed by atoms with van der Waals surface area (Å²) < 4.78 is 10.3. The van der Waals surface area contributed by atoms with Crippen molar-refractivity contribution in [1.29, 1.82) is 0 Å². The van der Waals surface area contributed by atoms with E-state index < -0.39 is 0 Å². The van der Waals surface area contributed by atoms with Crippen LogP contribution in [0.4, 0.5) is 0 Å². The molecule has 1 aliphatic heterocycles. The molecule has 0 bridgehead atoms. The molecule has 1 heterocycles. The first-order valence-electron chi connectivity index (χ1n) is 5.25. The molecular weight excluding hydrogens is 176 g/mol. The summed E-state index contributed by atoms with van der Waals surface area (Å²) >= 11 is 0. The molecule has 14 heavy (non-hydrogen) atoms. The summed E-state index contributed by atoms with van der Waals surface area (Å²) in [6, 6.07) is 0. The molecule has 0 amide bonds. The number of ether oxygens (including phenoxy) is 2. The van der Waals surface area contributed by atoms with Crippen LogP contribution in [0, 0.1) is 5.92 Å². The van der Waals surface area contributed by atoms with Crippen LogP contribution in [0.3, 0.4) is 0 Å². The first-order valence-corrected chi connectivity index (χ1v) is 5.25. The van der Waals surface area contributed by atoms with Crippen molar-refractivity contribution in [3.8, 4) is 0 Å². The van der Waals surface area contributed by atoms with Crippen molar-refractivity contribution in [2.24, 2.45) is 5.92 Å². The fourth-order valence-electron chi connectivity index (χ4n) is 1.85. The van der Waals surface area contributed by atoms with Gasteiger partial charge in [0.25, 0.3) is 0 Å². The van der Waals surface area contributed by atoms with Gasteiger partial charge < -0.3 is 9.47 Å². The second kappa shape index (κ2) is 5.74. The van der Waals surface area contributed by atoms with Gasteiger partial charge in [0, 0.05) is 5.92 Å². The van der Waals surface area contributed by atoms with Crippen LogP contribution in [0.5, 0.6) is 0 Å². The molecular formula is C12H20O2. The Bertz CT molecular complexity index is 218. The average molecular weight is 196 g/mol. The summed E-state index contributed by atoms with van der Waals surface area (Å²) in [5, 5.41) is 0. The van der Waals surface area contributed by atoms with Crippen LogP contribution in [-0.2, 0) is 9.47 Å². The van der Waals surface area contributed by atoms with Crippen molar-refractivity contribution in [3.05, 3.63) is 24.2 Å². The van der Waals surface area contributed by atoms with E-state index in [-0.39, 0.29) is 0 Å². The Morgan fingerprint density at radius 1 is 1.57 bits per heavy atom. The molecule has 0 aliphatic carbocycles. The van der Waals surface area contributed by atoms with E-state index in [2.05, 4.69) is 19.9 Å². The van der Waals surface area contributed by atoms with Gasteiger partial charge in [-0.05, 0) is 44.8 Å². The van der Waals surface area contributed by atoms with Crippen LogP contribution in [0.15, 0.2) is 24.2 Å². The summed E-state index contributed by atoms with van der Waals surface area (Å²) in [4.78, 5) is 0. The van der Waals surface area contributed by atoms with Crippen molar-refractivity contribution in [2.45, 2.75) is 39.2 Å². The lowest BCUT2D eigenvalue weighted by Crippen LogP contribution is -2.13. The van der Waals surface area contributed by atoms with E-state index in [0.717, 1.165) is 6.42 Å². The van der Waals surface area contributed by atoms with Gasteiger partial charge in [-0.1, -0.05) is 0 Å². The normalized spacial score (nSPS) is 26.4. The number of hydrogen-bond acceptors (Lipinski definition) is 2. The molecule has 0 aromatic carbocycles. The van der Waals surface area contributed by atoms with Gasteiger partial charge in [0.2, 0.25) is 0 Å². The standard InChI is InChI=1S/C12H20O2/c1-10-9-14-11(2)12(10)7-5-4-6-8-13-3/h6,8-9,11-12H,4-5,7H2,1-3H3/b8-6+/t11-,12+/m1/s1. The zero-order valence-electron chi connectivity index (χ0n) is 9.32. The van der Waals surface area contributed by atoms with Crippen LogP contribution in [0.2, 0.25) is 0 Å². The van der Waals surface area contributed by atoms with Gasteiger partial charge in [-0.2, -0.15) is 0 Å². The molecule has 2 nitrogen and oxygen atoms in total. The second-order valence-corrected chi connectivity index (χ2v) is 3.85. The number of methoxy groups -OCH3 is 1. The zero-order valence-corrected chi connectivity index (χ0v) is 9.32. The molecule has 80 valence electrons. The smallest absolute Gasteiger partial charge is 0.102 e. The number of allylic oxidation sites excluding steroid dienone is 1. The highest BCUT2D eigenvalue weighted by Gasteiger charge is 2.24. The minimum Gasteiger partial charge on any atom is -0.505 e. The van der Waals surface area contributed by atoms with E-state index >= 15 is 0 Å². The Morgan fingerprint density at radius 3 is 2.93 bits per heavy atom. The minimum atomic E-state index is 0.362. The van der Waals surface area contributed by atoms with E-state index in [1.165, 1.54) is 18.4 Å². The van der Waals surface area contributed by atoms with Crippen LogP contribution < -0.4 is 0 Å². The summed E-state index contributed by atoms with van der Waals surface area (Å²) in [7, 11) is 1.68.